The maximum Gasteiger partial charge on any atom is 0.282 e. The predicted octanol–water partition coefficient (Wildman–Crippen LogP) is 1.99. The fraction of sp³-hybridized carbons (Fsp3) is 0.211. The number of hydrogen-bond acceptors (Lipinski definition) is 7. The van der Waals surface area contributed by atoms with Gasteiger partial charge in [-0.1, -0.05) is 6.07 Å². The molecular weight excluding hydrogens is 382 g/mol. The Labute approximate surface area is 164 Å². The van der Waals surface area contributed by atoms with Crippen molar-refractivity contribution in [2.24, 2.45) is 0 Å². The van der Waals surface area contributed by atoms with Gasteiger partial charge in [-0.25, -0.2) is 0 Å². The average molecular weight is 397 g/mol. The van der Waals surface area contributed by atoms with Crippen molar-refractivity contribution >= 4 is 29.1 Å². The molecule has 0 saturated heterocycles. The molecule has 2 aliphatic rings. The van der Waals surface area contributed by atoms with E-state index in [1.54, 1.807) is 18.2 Å². The number of nitro benzene ring substituents is 1. The SMILES string of the molecule is O=C(CN1C(=O)c2cccc([N+](=O)[O-])c2C1=O)Nc1ccc2c(c1)OCCCO2. The molecule has 2 aromatic rings. The number of imide groups is 1. The Hall–Kier alpha value is -3.95. The maximum atomic E-state index is 12.5. The van der Waals surface area contributed by atoms with Crippen molar-refractivity contribution in [3.05, 3.63) is 57.6 Å². The number of carbonyl (C=O) groups excluding carboxylic acids is 3. The van der Waals surface area contributed by atoms with Gasteiger partial charge >= 0.3 is 0 Å². The molecule has 2 aliphatic heterocycles. The van der Waals surface area contributed by atoms with Crippen molar-refractivity contribution in [2.45, 2.75) is 6.42 Å². The number of anilines is 1. The molecular formula is C19H15N3O7. The Balaban J connectivity index is 1.50. The second kappa shape index (κ2) is 7.23. The number of amides is 3. The van der Waals surface area contributed by atoms with Crippen LogP contribution in [0.4, 0.5) is 11.4 Å². The van der Waals surface area contributed by atoms with Gasteiger partial charge in [0.1, 0.15) is 12.1 Å². The number of benzene rings is 2. The summed E-state index contributed by atoms with van der Waals surface area (Å²) < 4.78 is 11.1. The monoisotopic (exact) mass is 397 g/mol. The van der Waals surface area contributed by atoms with Gasteiger partial charge in [0, 0.05) is 24.2 Å². The molecule has 0 aliphatic carbocycles. The molecule has 10 nitrogen and oxygen atoms in total. The van der Waals surface area contributed by atoms with Crippen LogP contribution in [-0.2, 0) is 4.79 Å². The smallest absolute Gasteiger partial charge is 0.282 e. The number of ether oxygens (including phenoxy) is 2. The van der Waals surface area contributed by atoms with E-state index in [-0.39, 0.29) is 11.1 Å². The predicted molar refractivity (Wildman–Crippen MR) is 99.1 cm³/mol. The van der Waals surface area contributed by atoms with E-state index >= 15 is 0 Å². The molecule has 10 heteroatoms. The average Bonchev–Trinajstić information content (AvgIpc) is 2.86. The summed E-state index contributed by atoms with van der Waals surface area (Å²) in [5.41, 5.74) is -0.452. The van der Waals surface area contributed by atoms with Gasteiger partial charge in [-0.05, 0) is 18.2 Å². The Morgan fingerprint density at radius 3 is 2.62 bits per heavy atom. The number of hydrogen-bond donors (Lipinski definition) is 1. The van der Waals surface area contributed by atoms with Crippen LogP contribution in [0, 0.1) is 10.1 Å². The number of nitrogens with zero attached hydrogens (tertiary/aromatic N) is 2. The quantitative estimate of drug-likeness (QED) is 0.475. The molecule has 1 N–H and O–H groups in total. The minimum Gasteiger partial charge on any atom is -0.490 e. The number of rotatable bonds is 4. The Kier molecular flexibility index (Phi) is 4.59. The summed E-state index contributed by atoms with van der Waals surface area (Å²) in [4.78, 5) is 48.5. The lowest BCUT2D eigenvalue weighted by molar-refractivity contribution is -0.385. The highest BCUT2D eigenvalue weighted by Crippen LogP contribution is 2.33. The van der Waals surface area contributed by atoms with Crippen LogP contribution in [0.3, 0.4) is 0 Å². The molecule has 0 aromatic heterocycles. The van der Waals surface area contributed by atoms with Crippen molar-refractivity contribution in [2.75, 3.05) is 25.1 Å². The standard InChI is InChI=1S/C19H15N3O7/c23-16(20-11-5-6-14-15(9-11)29-8-2-7-28-14)10-21-18(24)12-3-1-4-13(22(26)27)17(12)19(21)25/h1,3-6,9H,2,7-8,10H2,(H,20,23). The van der Waals surface area contributed by atoms with E-state index in [1.807, 2.05) is 0 Å². The number of carbonyl (C=O) groups is 3. The molecule has 148 valence electrons. The van der Waals surface area contributed by atoms with E-state index in [2.05, 4.69) is 5.32 Å². The van der Waals surface area contributed by atoms with Gasteiger partial charge in [-0.3, -0.25) is 29.4 Å². The van der Waals surface area contributed by atoms with Gasteiger partial charge in [0.2, 0.25) is 5.91 Å². The summed E-state index contributed by atoms with van der Waals surface area (Å²) in [5, 5.41) is 13.7. The summed E-state index contributed by atoms with van der Waals surface area (Å²) in [7, 11) is 0. The van der Waals surface area contributed by atoms with Gasteiger partial charge in [0.05, 0.1) is 23.7 Å². The van der Waals surface area contributed by atoms with Gasteiger partial charge in [-0.2, -0.15) is 0 Å². The lowest BCUT2D eigenvalue weighted by atomic mass is 10.1. The van der Waals surface area contributed by atoms with Gasteiger partial charge in [0.25, 0.3) is 17.5 Å². The van der Waals surface area contributed by atoms with E-state index in [0.29, 0.717) is 35.3 Å². The van der Waals surface area contributed by atoms with Crippen LogP contribution in [0.2, 0.25) is 0 Å². The summed E-state index contributed by atoms with van der Waals surface area (Å²) in [5.74, 6) is -1.20. The van der Waals surface area contributed by atoms with Crippen LogP contribution in [-0.4, -0.2) is 47.3 Å². The van der Waals surface area contributed by atoms with Crippen LogP contribution in [0.25, 0.3) is 0 Å². The zero-order chi connectivity index (χ0) is 20.5. The van der Waals surface area contributed by atoms with Crippen molar-refractivity contribution in [3.8, 4) is 11.5 Å². The zero-order valence-electron chi connectivity index (χ0n) is 15.0. The lowest BCUT2D eigenvalue weighted by Gasteiger charge is -2.14. The minimum atomic E-state index is -0.869. The fourth-order valence-electron chi connectivity index (χ4n) is 3.20. The molecule has 0 saturated carbocycles. The third-order valence-electron chi connectivity index (χ3n) is 4.51. The molecule has 29 heavy (non-hydrogen) atoms. The topological polar surface area (TPSA) is 128 Å². The van der Waals surface area contributed by atoms with Crippen LogP contribution in [0.1, 0.15) is 27.1 Å². The fourth-order valence-corrected chi connectivity index (χ4v) is 3.20. The Morgan fingerprint density at radius 1 is 1.10 bits per heavy atom. The highest BCUT2D eigenvalue weighted by atomic mass is 16.6. The van der Waals surface area contributed by atoms with E-state index in [4.69, 9.17) is 9.47 Å². The first-order valence-electron chi connectivity index (χ1n) is 8.79. The second-order valence-corrected chi connectivity index (χ2v) is 6.41. The van der Waals surface area contributed by atoms with Gasteiger partial charge < -0.3 is 14.8 Å². The molecule has 2 heterocycles. The highest BCUT2D eigenvalue weighted by molar-refractivity contribution is 6.24. The largest absolute Gasteiger partial charge is 0.490 e. The molecule has 0 fully saturated rings. The molecule has 0 spiro atoms. The zero-order valence-corrected chi connectivity index (χ0v) is 15.0. The summed E-state index contributed by atoms with van der Waals surface area (Å²) >= 11 is 0. The van der Waals surface area contributed by atoms with E-state index in [0.717, 1.165) is 12.5 Å². The number of fused-ring (bicyclic) bond motifs is 2. The molecule has 0 radical (unpaired) electrons. The first-order chi connectivity index (χ1) is 14.0. The lowest BCUT2D eigenvalue weighted by Crippen LogP contribution is -2.37. The number of nitro groups is 1. The van der Waals surface area contributed by atoms with E-state index in [9.17, 15) is 24.5 Å². The van der Waals surface area contributed by atoms with Crippen molar-refractivity contribution in [3.63, 3.8) is 0 Å². The van der Waals surface area contributed by atoms with Crippen molar-refractivity contribution in [1.29, 1.82) is 0 Å². The number of nitrogens with one attached hydrogen (secondary N) is 1. The second-order valence-electron chi connectivity index (χ2n) is 6.41. The molecule has 0 bridgehead atoms. The first kappa shape index (κ1) is 18.4. The molecule has 3 amide bonds. The third-order valence-corrected chi connectivity index (χ3v) is 4.51. The van der Waals surface area contributed by atoms with Gasteiger partial charge in [0.15, 0.2) is 11.5 Å². The highest BCUT2D eigenvalue weighted by Gasteiger charge is 2.41. The van der Waals surface area contributed by atoms with Crippen LogP contribution < -0.4 is 14.8 Å². The van der Waals surface area contributed by atoms with Crippen LogP contribution in [0.5, 0.6) is 11.5 Å². The minimum absolute atomic E-state index is 0.0902. The van der Waals surface area contributed by atoms with Crippen molar-refractivity contribution < 1.29 is 28.8 Å². The third kappa shape index (κ3) is 3.35. The Morgan fingerprint density at radius 2 is 1.86 bits per heavy atom. The van der Waals surface area contributed by atoms with E-state index < -0.39 is 34.9 Å². The maximum absolute atomic E-state index is 12.5. The normalized spacial score (nSPS) is 15.0. The van der Waals surface area contributed by atoms with Crippen LogP contribution >= 0.6 is 0 Å². The molecule has 0 atom stereocenters. The summed E-state index contributed by atoms with van der Waals surface area (Å²) in [6.45, 7) is 0.445. The van der Waals surface area contributed by atoms with Gasteiger partial charge in [-0.15, -0.1) is 0 Å². The molecule has 4 rings (SSSR count). The summed E-state index contributed by atoms with van der Waals surface area (Å²) in [6.07, 6.45) is 0.738. The van der Waals surface area contributed by atoms with E-state index in [1.165, 1.54) is 12.1 Å². The molecule has 0 unspecified atom stereocenters. The van der Waals surface area contributed by atoms with Crippen molar-refractivity contribution in [1.82, 2.24) is 4.90 Å². The van der Waals surface area contributed by atoms with Crippen LogP contribution in [0.15, 0.2) is 36.4 Å². The summed E-state index contributed by atoms with van der Waals surface area (Å²) in [6, 6.07) is 8.64. The Bertz CT molecular complexity index is 1050. The molecule has 2 aromatic carbocycles. The first-order valence-corrected chi connectivity index (χ1v) is 8.79.